The SMILES string of the molecule is CC(C)c1nc(CCC(F)(F)F)sc1CNC1CC1. The standard InChI is InChI=1S/C13H19F3N2S/c1-8(2)12-10(7-17-9-3-4-9)19-11(18-12)5-6-13(14,15)16/h8-9,17H,3-7H2,1-2H3. The zero-order valence-corrected chi connectivity index (χ0v) is 12.0. The van der Waals surface area contributed by atoms with Crippen molar-refractivity contribution in [2.75, 3.05) is 0 Å². The van der Waals surface area contributed by atoms with Crippen LogP contribution in [0.2, 0.25) is 0 Å². The Labute approximate surface area is 115 Å². The van der Waals surface area contributed by atoms with Gasteiger partial charge in [-0.1, -0.05) is 13.8 Å². The van der Waals surface area contributed by atoms with Crippen LogP contribution in [0.3, 0.4) is 0 Å². The van der Waals surface area contributed by atoms with Gasteiger partial charge in [0.1, 0.15) is 0 Å². The van der Waals surface area contributed by atoms with Crippen LogP contribution in [0.1, 0.15) is 54.6 Å². The molecule has 0 spiro atoms. The van der Waals surface area contributed by atoms with Crippen molar-refractivity contribution in [3.8, 4) is 0 Å². The van der Waals surface area contributed by atoms with E-state index in [0.29, 0.717) is 11.0 Å². The summed E-state index contributed by atoms with van der Waals surface area (Å²) >= 11 is 1.42. The fraction of sp³-hybridized carbons (Fsp3) is 0.769. The number of rotatable bonds is 6. The third kappa shape index (κ3) is 4.76. The van der Waals surface area contributed by atoms with Gasteiger partial charge in [-0.25, -0.2) is 4.98 Å². The second kappa shape index (κ2) is 5.79. The molecule has 1 saturated carbocycles. The monoisotopic (exact) mass is 292 g/mol. The first kappa shape index (κ1) is 14.8. The van der Waals surface area contributed by atoms with Crippen LogP contribution in [0.5, 0.6) is 0 Å². The average Bonchev–Trinajstić information content (AvgIpc) is 3.02. The molecule has 0 aliphatic heterocycles. The molecule has 6 heteroatoms. The van der Waals surface area contributed by atoms with Crippen molar-refractivity contribution < 1.29 is 13.2 Å². The molecular formula is C13H19F3N2S. The van der Waals surface area contributed by atoms with E-state index in [9.17, 15) is 13.2 Å². The highest BCUT2D eigenvalue weighted by Crippen LogP contribution is 2.29. The van der Waals surface area contributed by atoms with Crippen molar-refractivity contribution >= 4 is 11.3 Å². The lowest BCUT2D eigenvalue weighted by atomic mass is 10.1. The summed E-state index contributed by atoms with van der Waals surface area (Å²) in [5.74, 6) is 0.256. The van der Waals surface area contributed by atoms with Crippen LogP contribution >= 0.6 is 11.3 Å². The minimum absolute atomic E-state index is 0.00266. The molecule has 0 saturated heterocycles. The Bertz CT molecular complexity index is 422. The second-order valence-electron chi connectivity index (χ2n) is 5.34. The number of aromatic nitrogens is 1. The van der Waals surface area contributed by atoms with Gasteiger partial charge in [0, 0.05) is 30.3 Å². The van der Waals surface area contributed by atoms with E-state index in [-0.39, 0.29) is 12.3 Å². The highest BCUT2D eigenvalue weighted by atomic mass is 32.1. The van der Waals surface area contributed by atoms with Gasteiger partial charge < -0.3 is 5.32 Å². The lowest BCUT2D eigenvalue weighted by Gasteiger charge is -2.05. The summed E-state index contributed by atoms with van der Waals surface area (Å²) in [5, 5.41) is 4.01. The van der Waals surface area contributed by atoms with Gasteiger partial charge in [-0.3, -0.25) is 0 Å². The van der Waals surface area contributed by atoms with E-state index in [0.717, 1.165) is 17.1 Å². The largest absolute Gasteiger partial charge is 0.389 e. The number of nitrogens with one attached hydrogen (secondary N) is 1. The molecule has 1 heterocycles. The number of hydrogen-bond donors (Lipinski definition) is 1. The molecule has 2 rings (SSSR count). The van der Waals surface area contributed by atoms with Crippen molar-refractivity contribution in [2.24, 2.45) is 0 Å². The predicted molar refractivity (Wildman–Crippen MR) is 70.4 cm³/mol. The summed E-state index contributed by atoms with van der Waals surface area (Å²) in [6, 6.07) is 0.598. The number of alkyl halides is 3. The smallest absolute Gasteiger partial charge is 0.309 e. The minimum atomic E-state index is -4.10. The molecule has 108 valence electrons. The predicted octanol–water partition coefficient (Wildman–Crippen LogP) is 4.01. The van der Waals surface area contributed by atoms with Crippen LogP contribution in [0.15, 0.2) is 0 Å². The Hall–Kier alpha value is -0.620. The topological polar surface area (TPSA) is 24.9 Å². The first-order valence-electron chi connectivity index (χ1n) is 6.64. The van der Waals surface area contributed by atoms with E-state index < -0.39 is 12.6 Å². The van der Waals surface area contributed by atoms with Gasteiger partial charge in [0.25, 0.3) is 0 Å². The molecule has 0 unspecified atom stereocenters. The molecule has 2 nitrogen and oxygen atoms in total. The molecule has 1 N–H and O–H groups in total. The van der Waals surface area contributed by atoms with E-state index in [4.69, 9.17) is 0 Å². The van der Waals surface area contributed by atoms with Crippen LogP contribution in [-0.4, -0.2) is 17.2 Å². The quantitative estimate of drug-likeness (QED) is 0.857. The highest BCUT2D eigenvalue weighted by molar-refractivity contribution is 7.11. The third-order valence-corrected chi connectivity index (χ3v) is 4.20. The van der Waals surface area contributed by atoms with E-state index in [1.54, 1.807) is 0 Å². The van der Waals surface area contributed by atoms with Crippen LogP contribution < -0.4 is 5.32 Å². The highest BCUT2D eigenvalue weighted by Gasteiger charge is 2.28. The summed E-state index contributed by atoms with van der Waals surface area (Å²) in [6.07, 6.45) is -2.48. The van der Waals surface area contributed by atoms with E-state index in [2.05, 4.69) is 10.3 Å². The van der Waals surface area contributed by atoms with Gasteiger partial charge in [-0.2, -0.15) is 13.2 Å². The summed E-state index contributed by atoms with van der Waals surface area (Å²) < 4.78 is 36.7. The van der Waals surface area contributed by atoms with Gasteiger partial charge in [0.15, 0.2) is 0 Å². The molecule has 1 aromatic heterocycles. The summed E-state index contributed by atoms with van der Waals surface area (Å²) in [6.45, 7) is 4.80. The van der Waals surface area contributed by atoms with Crippen LogP contribution in [-0.2, 0) is 13.0 Å². The molecule has 1 aliphatic rings. The summed E-state index contributed by atoms with van der Waals surface area (Å²) in [5.41, 5.74) is 0.954. The Kier molecular flexibility index (Phi) is 4.50. The Balaban J connectivity index is 2.00. The molecule has 0 aromatic carbocycles. The fourth-order valence-electron chi connectivity index (χ4n) is 1.87. The Morgan fingerprint density at radius 3 is 2.58 bits per heavy atom. The first-order chi connectivity index (χ1) is 8.85. The number of thiazole rings is 1. The molecule has 0 radical (unpaired) electrons. The molecule has 1 fully saturated rings. The van der Waals surface area contributed by atoms with Crippen molar-refractivity contribution in [3.63, 3.8) is 0 Å². The maximum absolute atomic E-state index is 12.2. The average molecular weight is 292 g/mol. The zero-order chi connectivity index (χ0) is 14.0. The third-order valence-electron chi connectivity index (χ3n) is 3.07. The van der Waals surface area contributed by atoms with Crippen LogP contribution in [0.4, 0.5) is 13.2 Å². The van der Waals surface area contributed by atoms with Gasteiger partial charge in [-0.05, 0) is 18.8 Å². The molecule has 19 heavy (non-hydrogen) atoms. The molecule has 0 atom stereocenters. The van der Waals surface area contributed by atoms with E-state index in [1.165, 1.54) is 24.2 Å². The summed E-state index contributed by atoms with van der Waals surface area (Å²) in [4.78, 5) is 5.49. The number of nitrogens with zero attached hydrogens (tertiary/aromatic N) is 1. The lowest BCUT2D eigenvalue weighted by Crippen LogP contribution is -2.15. The molecule has 1 aliphatic carbocycles. The van der Waals surface area contributed by atoms with E-state index >= 15 is 0 Å². The Morgan fingerprint density at radius 2 is 2.05 bits per heavy atom. The van der Waals surface area contributed by atoms with Gasteiger partial charge >= 0.3 is 6.18 Å². The van der Waals surface area contributed by atoms with E-state index in [1.807, 2.05) is 13.8 Å². The van der Waals surface area contributed by atoms with Crippen LogP contribution in [0.25, 0.3) is 0 Å². The summed E-state index contributed by atoms with van der Waals surface area (Å²) in [7, 11) is 0. The van der Waals surface area contributed by atoms with Crippen molar-refractivity contribution in [1.82, 2.24) is 10.3 Å². The van der Waals surface area contributed by atoms with Crippen molar-refractivity contribution in [2.45, 2.75) is 64.2 Å². The second-order valence-corrected chi connectivity index (χ2v) is 6.51. The van der Waals surface area contributed by atoms with Gasteiger partial charge in [0.05, 0.1) is 10.7 Å². The first-order valence-corrected chi connectivity index (χ1v) is 7.45. The maximum atomic E-state index is 12.2. The molecular weight excluding hydrogens is 273 g/mol. The zero-order valence-electron chi connectivity index (χ0n) is 11.2. The van der Waals surface area contributed by atoms with Crippen molar-refractivity contribution in [1.29, 1.82) is 0 Å². The fourth-order valence-corrected chi connectivity index (χ4v) is 3.05. The number of halogens is 3. The number of aryl methyl sites for hydroxylation is 1. The molecule has 0 amide bonds. The van der Waals surface area contributed by atoms with Gasteiger partial charge in [0.2, 0.25) is 0 Å². The Morgan fingerprint density at radius 1 is 1.37 bits per heavy atom. The molecule has 0 bridgehead atoms. The van der Waals surface area contributed by atoms with Crippen molar-refractivity contribution in [3.05, 3.63) is 15.6 Å². The maximum Gasteiger partial charge on any atom is 0.389 e. The van der Waals surface area contributed by atoms with Gasteiger partial charge in [-0.15, -0.1) is 11.3 Å². The lowest BCUT2D eigenvalue weighted by molar-refractivity contribution is -0.134. The van der Waals surface area contributed by atoms with Crippen LogP contribution in [0, 0.1) is 0 Å². The number of hydrogen-bond acceptors (Lipinski definition) is 3. The molecule has 1 aromatic rings. The normalized spacial score (nSPS) is 16.3. The minimum Gasteiger partial charge on any atom is -0.309 e.